The summed E-state index contributed by atoms with van der Waals surface area (Å²) in [5.41, 5.74) is -0.421. The van der Waals surface area contributed by atoms with Gasteiger partial charge in [-0.25, -0.2) is 17.6 Å². The fraction of sp³-hybridized carbons (Fsp3) is 0.100. The first-order chi connectivity index (χ1) is 7.83. The number of carbonyl (C=O) groups is 1. The number of hydrogen-bond acceptors (Lipinski definition) is 4. The molecule has 0 fully saturated rings. The molecule has 0 amide bonds. The van der Waals surface area contributed by atoms with Crippen molar-refractivity contribution in [2.45, 2.75) is 4.90 Å². The number of nitrogens with one attached hydrogen (secondary N) is 1. The summed E-state index contributed by atoms with van der Waals surface area (Å²) in [5.74, 6) is -2.49. The monoisotopic (exact) mass is 259 g/mol. The van der Waals surface area contributed by atoms with Gasteiger partial charge in [0.1, 0.15) is 17.4 Å². The van der Waals surface area contributed by atoms with Crippen molar-refractivity contribution in [2.24, 2.45) is 0 Å². The highest BCUT2D eigenvalue weighted by Gasteiger charge is 2.15. The summed E-state index contributed by atoms with van der Waals surface area (Å²) in [6, 6.07) is 4.24. The van der Waals surface area contributed by atoms with E-state index in [-0.39, 0.29) is 4.90 Å². The Morgan fingerprint density at radius 3 is 2.35 bits per heavy atom. The Balaban J connectivity index is 2.79. The predicted molar refractivity (Wildman–Crippen MR) is 58.4 cm³/mol. The zero-order valence-electron chi connectivity index (χ0n) is 8.68. The average Bonchev–Trinajstić information content (AvgIpc) is 2.26. The SMILES string of the molecule is C=C(NCS(=O)(=O)c1ccc(F)cc1)C(=O)O. The summed E-state index contributed by atoms with van der Waals surface area (Å²) in [6.07, 6.45) is 0. The van der Waals surface area contributed by atoms with Gasteiger partial charge in [0.05, 0.1) is 4.90 Å². The van der Waals surface area contributed by atoms with Crippen molar-refractivity contribution >= 4 is 15.8 Å². The van der Waals surface area contributed by atoms with E-state index < -0.39 is 33.2 Å². The molecule has 1 aromatic carbocycles. The zero-order valence-corrected chi connectivity index (χ0v) is 9.50. The molecule has 0 spiro atoms. The highest BCUT2D eigenvalue weighted by molar-refractivity contribution is 7.91. The molecule has 0 unspecified atom stereocenters. The molecule has 0 saturated carbocycles. The normalized spacial score (nSPS) is 10.9. The quantitative estimate of drug-likeness (QED) is 0.602. The molecule has 0 atom stereocenters. The minimum absolute atomic E-state index is 0.0930. The lowest BCUT2D eigenvalue weighted by Crippen LogP contribution is -2.26. The number of benzene rings is 1. The molecule has 1 aromatic rings. The van der Waals surface area contributed by atoms with Crippen molar-refractivity contribution < 1.29 is 22.7 Å². The Bertz CT molecular complexity index is 536. The minimum Gasteiger partial charge on any atom is -0.477 e. The van der Waals surface area contributed by atoms with E-state index in [0.717, 1.165) is 24.3 Å². The van der Waals surface area contributed by atoms with Gasteiger partial charge in [0.15, 0.2) is 9.84 Å². The summed E-state index contributed by atoms with van der Waals surface area (Å²) in [6.45, 7) is 3.13. The second-order valence-electron chi connectivity index (χ2n) is 3.17. The molecule has 17 heavy (non-hydrogen) atoms. The van der Waals surface area contributed by atoms with E-state index in [1.165, 1.54) is 0 Å². The molecule has 0 saturated heterocycles. The van der Waals surface area contributed by atoms with Crippen molar-refractivity contribution in [1.29, 1.82) is 0 Å². The van der Waals surface area contributed by atoms with Gasteiger partial charge in [-0.2, -0.15) is 0 Å². The van der Waals surface area contributed by atoms with Gasteiger partial charge in [-0.3, -0.25) is 0 Å². The number of sulfone groups is 1. The first kappa shape index (κ1) is 13.2. The van der Waals surface area contributed by atoms with E-state index in [0.29, 0.717) is 0 Å². The molecule has 0 aliphatic heterocycles. The lowest BCUT2D eigenvalue weighted by molar-refractivity contribution is -0.133. The summed E-state index contributed by atoms with van der Waals surface area (Å²) in [7, 11) is -3.71. The van der Waals surface area contributed by atoms with Crippen LogP contribution in [0.1, 0.15) is 0 Å². The van der Waals surface area contributed by atoms with Crippen LogP contribution >= 0.6 is 0 Å². The third kappa shape index (κ3) is 3.56. The van der Waals surface area contributed by atoms with Crippen molar-refractivity contribution in [3.63, 3.8) is 0 Å². The van der Waals surface area contributed by atoms with Crippen LogP contribution < -0.4 is 5.32 Å². The molecule has 2 N–H and O–H groups in total. The second-order valence-corrected chi connectivity index (χ2v) is 5.16. The second kappa shape index (κ2) is 4.96. The van der Waals surface area contributed by atoms with E-state index in [2.05, 4.69) is 11.9 Å². The van der Waals surface area contributed by atoms with Crippen molar-refractivity contribution in [3.05, 3.63) is 42.4 Å². The molecule has 0 aromatic heterocycles. The van der Waals surface area contributed by atoms with Crippen LogP contribution in [-0.2, 0) is 14.6 Å². The predicted octanol–water partition coefficient (Wildman–Crippen LogP) is 0.745. The van der Waals surface area contributed by atoms with Gasteiger partial charge in [-0.05, 0) is 24.3 Å². The van der Waals surface area contributed by atoms with Crippen LogP contribution in [-0.4, -0.2) is 25.4 Å². The molecule has 1 rings (SSSR count). The van der Waals surface area contributed by atoms with E-state index in [1.807, 2.05) is 0 Å². The molecule has 0 aliphatic carbocycles. The van der Waals surface area contributed by atoms with E-state index >= 15 is 0 Å². The van der Waals surface area contributed by atoms with E-state index in [4.69, 9.17) is 5.11 Å². The topological polar surface area (TPSA) is 83.5 Å². The van der Waals surface area contributed by atoms with Gasteiger partial charge < -0.3 is 10.4 Å². The van der Waals surface area contributed by atoms with E-state index in [9.17, 15) is 17.6 Å². The molecule has 0 heterocycles. The van der Waals surface area contributed by atoms with Crippen LogP contribution in [0.3, 0.4) is 0 Å². The van der Waals surface area contributed by atoms with Gasteiger partial charge in [0, 0.05) is 0 Å². The molecule has 5 nitrogen and oxygen atoms in total. The minimum atomic E-state index is -3.71. The number of hydrogen-bond donors (Lipinski definition) is 2. The highest BCUT2D eigenvalue weighted by atomic mass is 32.2. The van der Waals surface area contributed by atoms with Crippen LogP contribution in [0.2, 0.25) is 0 Å². The van der Waals surface area contributed by atoms with Gasteiger partial charge in [-0.1, -0.05) is 6.58 Å². The van der Waals surface area contributed by atoms with Crippen molar-refractivity contribution in [2.75, 3.05) is 5.88 Å². The lowest BCUT2D eigenvalue weighted by Gasteiger charge is -2.07. The standard InChI is InChI=1S/C10H10FNO4S/c1-7(10(13)14)12-6-17(15,16)9-4-2-8(11)3-5-9/h2-5,12H,1,6H2,(H,13,14). The number of halogens is 1. The van der Waals surface area contributed by atoms with Gasteiger partial charge >= 0.3 is 5.97 Å². The largest absolute Gasteiger partial charge is 0.477 e. The Hall–Kier alpha value is -1.89. The summed E-state index contributed by atoms with van der Waals surface area (Å²) < 4.78 is 35.9. The smallest absolute Gasteiger partial charge is 0.351 e. The van der Waals surface area contributed by atoms with E-state index in [1.54, 1.807) is 0 Å². The fourth-order valence-electron chi connectivity index (χ4n) is 0.983. The Labute approximate surface area is 97.5 Å². The lowest BCUT2D eigenvalue weighted by atomic mass is 10.4. The highest BCUT2D eigenvalue weighted by Crippen LogP contribution is 2.11. The number of carboxylic acids is 1. The summed E-state index contributed by atoms with van der Waals surface area (Å²) in [5, 5.41) is 10.6. The first-order valence-electron chi connectivity index (χ1n) is 4.47. The van der Waals surface area contributed by atoms with Crippen LogP contribution in [0, 0.1) is 5.82 Å². The number of carboxylic acid groups (broad SMARTS) is 1. The third-order valence-electron chi connectivity index (χ3n) is 1.91. The molecule has 0 radical (unpaired) electrons. The first-order valence-corrected chi connectivity index (χ1v) is 6.12. The number of aliphatic carboxylic acids is 1. The Kier molecular flexibility index (Phi) is 3.84. The van der Waals surface area contributed by atoms with Crippen LogP contribution in [0.25, 0.3) is 0 Å². The van der Waals surface area contributed by atoms with Gasteiger partial charge in [0.2, 0.25) is 0 Å². The summed E-state index contributed by atoms with van der Waals surface area (Å²) >= 11 is 0. The van der Waals surface area contributed by atoms with Crippen molar-refractivity contribution in [1.82, 2.24) is 5.32 Å². The van der Waals surface area contributed by atoms with Crippen LogP contribution in [0.15, 0.2) is 41.4 Å². The summed E-state index contributed by atoms with van der Waals surface area (Å²) in [4.78, 5) is 10.3. The van der Waals surface area contributed by atoms with Gasteiger partial charge in [0.25, 0.3) is 0 Å². The fourth-order valence-corrected chi connectivity index (χ4v) is 2.06. The Morgan fingerprint density at radius 2 is 1.88 bits per heavy atom. The Morgan fingerprint density at radius 1 is 1.35 bits per heavy atom. The third-order valence-corrected chi connectivity index (χ3v) is 3.42. The van der Waals surface area contributed by atoms with Crippen molar-refractivity contribution in [3.8, 4) is 0 Å². The number of rotatable bonds is 5. The zero-order chi connectivity index (χ0) is 13.1. The molecular formula is C10H10FNO4S. The average molecular weight is 259 g/mol. The van der Waals surface area contributed by atoms with Crippen LogP contribution in [0.5, 0.6) is 0 Å². The molecular weight excluding hydrogens is 249 g/mol. The molecule has 0 aliphatic rings. The van der Waals surface area contributed by atoms with Gasteiger partial charge in [-0.15, -0.1) is 0 Å². The molecule has 92 valence electrons. The molecule has 7 heteroatoms. The molecule has 0 bridgehead atoms. The van der Waals surface area contributed by atoms with Crippen LogP contribution in [0.4, 0.5) is 4.39 Å². The maximum absolute atomic E-state index is 12.6. The maximum Gasteiger partial charge on any atom is 0.351 e. The maximum atomic E-state index is 12.6.